The van der Waals surface area contributed by atoms with Gasteiger partial charge in [0, 0.05) is 12.6 Å². The van der Waals surface area contributed by atoms with Gasteiger partial charge in [0.15, 0.2) is 5.75 Å². The maximum Gasteiger partial charge on any atom is 0.387 e. The zero-order chi connectivity index (χ0) is 15.4. The van der Waals surface area contributed by atoms with Crippen molar-refractivity contribution < 1.29 is 18.3 Å². The molecule has 1 atom stereocenters. The predicted octanol–water partition coefficient (Wildman–Crippen LogP) is 1.58. The number of hydrazine groups is 1. The number of para-hydroxylation sites is 1. The van der Waals surface area contributed by atoms with Crippen LogP contribution in [0.4, 0.5) is 8.78 Å². The number of hydrogen-bond donors (Lipinski definition) is 2. The molecular weight excluding hydrogens is 282 g/mol. The summed E-state index contributed by atoms with van der Waals surface area (Å²) >= 11 is 0. The number of benzene rings is 1. The van der Waals surface area contributed by atoms with Crippen LogP contribution in [0.3, 0.4) is 0 Å². The molecule has 1 aromatic heterocycles. The Balaban J connectivity index is 2.49. The van der Waals surface area contributed by atoms with E-state index in [9.17, 15) is 8.78 Å². The van der Waals surface area contributed by atoms with Gasteiger partial charge in [-0.15, -0.1) is 0 Å². The number of rotatable bonds is 6. The molecule has 3 N–H and O–H groups in total. The molecule has 0 bridgehead atoms. The van der Waals surface area contributed by atoms with Gasteiger partial charge in [0.1, 0.15) is 11.4 Å². The third kappa shape index (κ3) is 3.11. The minimum absolute atomic E-state index is 0.0405. The Morgan fingerprint density at radius 2 is 2.00 bits per heavy atom. The van der Waals surface area contributed by atoms with Crippen molar-refractivity contribution in [1.29, 1.82) is 0 Å². The van der Waals surface area contributed by atoms with Gasteiger partial charge in [-0.25, -0.2) is 5.43 Å². The first-order valence-electron chi connectivity index (χ1n) is 6.14. The van der Waals surface area contributed by atoms with E-state index in [1.165, 1.54) is 19.4 Å². The highest BCUT2D eigenvalue weighted by atomic mass is 19.3. The average molecular weight is 298 g/mol. The summed E-state index contributed by atoms with van der Waals surface area (Å²) in [4.78, 5) is 0. The zero-order valence-corrected chi connectivity index (χ0v) is 11.6. The summed E-state index contributed by atoms with van der Waals surface area (Å²) in [5, 5.41) is 4.08. The second-order valence-electron chi connectivity index (χ2n) is 4.24. The lowest BCUT2D eigenvalue weighted by Gasteiger charge is -2.20. The molecule has 8 heteroatoms. The van der Waals surface area contributed by atoms with Gasteiger partial charge < -0.3 is 9.47 Å². The summed E-state index contributed by atoms with van der Waals surface area (Å²) in [6, 6.07) is 5.81. The summed E-state index contributed by atoms with van der Waals surface area (Å²) in [6.45, 7) is -2.92. The summed E-state index contributed by atoms with van der Waals surface area (Å²) < 4.78 is 36.4. The molecule has 0 saturated heterocycles. The SMILES string of the molecule is COc1cnn(C)c1C(NN)c1ccccc1OC(F)F. The molecule has 21 heavy (non-hydrogen) atoms. The van der Waals surface area contributed by atoms with E-state index in [1.54, 1.807) is 29.9 Å². The standard InChI is InChI=1S/C13H16F2N4O2/c1-19-12(10(20-2)7-17-19)11(18-16)8-5-3-4-6-9(8)21-13(14)15/h3-7,11,13,18H,16H2,1-2H3. The Hall–Kier alpha value is -2.19. The summed E-state index contributed by atoms with van der Waals surface area (Å²) in [5.74, 6) is 6.13. The summed E-state index contributed by atoms with van der Waals surface area (Å²) in [6.07, 6.45) is 1.52. The van der Waals surface area contributed by atoms with E-state index >= 15 is 0 Å². The molecule has 1 unspecified atom stereocenters. The van der Waals surface area contributed by atoms with Crippen LogP contribution in [0, 0.1) is 0 Å². The molecule has 1 aromatic carbocycles. The molecule has 0 aliphatic rings. The lowest BCUT2D eigenvalue weighted by molar-refractivity contribution is -0.0506. The number of alkyl halides is 2. The highest BCUT2D eigenvalue weighted by Gasteiger charge is 2.25. The number of halogens is 2. The van der Waals surface area contributed by atoms with Crippen LogP contribution in [0.25, 0.3) is 0 Å². The van der Waals surface area contributed by atoms with Crippen LogP contribution in [0.5, 0.6) is 11.5 Å². The van der Waals surface area contributed by atoms with E-state index in [4.69, 9.17) is 10.6 Å². The minimum Gasteiger partial charge on any atom is -0.493 e. The maximum absolute atomic E-state index is 12.5. The Kier molecular flexibility index (Phi) is 4.71. The van der Waals surface area contributed by atoms with Crippen LogP contribution in [0.1, 0.15) is 17.3 Å². The van der Waals surface area contributed by atoms with E-state index in [-0.39, 0.29) is 5.75 Å². The van der Waals surface area contributed by atoms with E-state index in [1.807, 2.05) is 0 Å². The largest absolute Gasteiger partial charge is 0.493 e. The third-order valence-electron chi connectivity index (χ3n) is 3.06. The van der Waals surface area contributed by atoms with Crippen molar-refractivity contribution in [3.8, 4) is 11.5 Å². The van der Waals surface area contributed by atoms with Crippen molar-refractivity contribution in [2.24, 2.45) is 12.9 Å². The van der Waals surface area contributed by atoms with E-state index in [0.29, 0.717) is 17.0 Å². The Morgan fingerprint density at radius 3 is 2.62 bits per heavy atom. The fraction of sp³-hybridized carbons (Fsp3) is 0.308. The molecule has 0 radical (unpaired) electrons. The molecule has 0 fully saturated rings. The number of hydrogen-bond acceptors (Lipinski definition) is 5. The molecule has 2 rings (SSSR count). The number of ether oxygens (including phenoxy) is 2. The van der Waals surface area contributed by atoms with Crippen LogP contribution in [0.15, 0.2) is 30.5 Å². The second-order valence-corrected chi connectivity index (χ2v) is 4.24. The van der Waals surface area contributed by atoms with E-state index < -0.39 is 12.7 Å². The molecule has 2 aromatic rings. The van der Waals surface area contributed by atoms with Gasteiger partial charge in [0.05, 0.1) is 19.3 Å². The Labute approximate surface area is 120 Å². The van der Waals surface area contributed by atoms with E-state index in [2.05, 4.69) is 15.3 Å². The molecule has 6 nitrogen and oxygen atoms in total. The van der Waals surface area contributed by atoms with Gasteiger partial charge in [0.25, 0.3) is 0 Å². The summed E-state index contributed by atoms with van der Waals surface area (Å²) in [7, 11) is 3.20. The van der Waals surface area contributed by atoms with Crippen molar-refractivity contribution >= 4 is 0 Å². The molecule has 114 valence electrons. The topological polar surface area (TPSA) is 74.3 Å². The van der Waals surface area contributed by atoms with Crippen LogP contribution in [-0.2, 0) is 7.05 Å². The van der Waals surface area contributed by atoms with Crippen molar-refractivity contribution in [3.63, 3.8) is 0 Å². The first-order valence-corrected chi connectivity index (χ1v) is 6.14. The maximum atomic E-state index is 12.5. The number of nitrogens with one attached hydrogen (secondary N) is 1. The number of nitrogens with zero attached hydrogens (tertiary/aromatic N) is 2. The molecule has 1 heterocycles. The quantitative estimate of drug-likeness (QED) is 0.625. The van der Waals surface area contributed by atoms with Gasteiger partial charge in [-0.1, -0.05) is 18.2 Å². The van der Waals surface area contributed by atoms with Crippen LogP contribution >= 0.6 is 0 Å². The van der Waals surface area contributed by atoms with Gasteiger partial charge in [-0.2, -0.15) is 13.9 Å². The first kappa shape index (κ1) is 15.2. The van der Waals surface area contributed by atoms with Gasteiger partial charge in [0.2, 0.25) is 0 Å². The first-order chi connectivity index (χ1) is 10.1. The smallest absolute Gasteiger partial charge is 0.387 e. The monoisotopic (exact) mass is 298 g/mol. The average Bonchev–Trinajstić information content (AvgIpc) is 2.82. The Bertz CT molecular complexity index is 604. The third-order valence-corrected chi connectivity index (χ3v) is 3.06. The highest BCUT2D eigenvalue weighted by Crippen LogP contribution is 2.34. The predicted molar refractivity (Wildman–Crippen MR) is 72.0 cm³/mol. The molecule has 0 aliphatic heterocycles. The molecule has 0 spiro atoms. The van der Waals surface area contributed by atoms with Gasteiger partial charge in [-0.05, 0) is 6.07 Å². The molecule has 0 amide bonds. The van der Waals surface area contributed by atoms with Crippen LogP contribution in [0.2, 0.25) is 0 Å². The van der Waals surface area contributed by atoms with Gasteiger partial charge >= 0.3 is 6.61 Å². The van der Waals surface area contributed by atoms with Crippen LogP contribution in [-0.4, -0.2) is 23.5 Å². The normalized spacial score (nSPS) is 12.5. The minimum atomic E-state index is -2.92. The highest BCUT2D eigenvalue weighted by molar-refractivity contribution is 5.43. The lowest BCUT2D eigenvalue weighted by atomic mass is 10.0. The van der Waals surface area contributed by atoms with Crippen molar-refractivity contribution in [2.75, 3.05) is 7.11 Å². The zero-order valence-electron chi connectivity index (χ0n) is 11.6. The molecule has 0 aliphatic carbocycles. The molecule has 0 saturated carbocycles. The van der Waals surface area contributed by atoms with Crippen molar-refractivity contribution in [1.82, 2.24) is 15.2 Å². The Morgan fingerprint density at radius 1 is 1.29 bits per heavy atom. The summed E-state index contributed by atoms with van der Waals surface area (Å²) in [5.41, 5.74) is 3.65. The second kappa shape index (κ2) is 6.51. The fourth-order valence-corrected chi connectivity index (χ4v) is 2.15. The number of aromatic nitrogens is 2. The molecular formula is C13H16F2N4O2. The van der Waals surface area contributed by atoms with Crippen LogP contribution < -0.4 is 20.7 Å². The number of aryl methyl sites for hydroxylation is 1. The number of methoxy groups -OCH3 is 1. The lowest BCUT2D eigenvalue weighted by Crippen LogP contribution is -2.31. The van der Waals surface area contributed by atoms with Gasteiger partial charge in [-0.3, -0.25) is 10.5 Å². The van der Waals surface area contributed by atoms with Crippen molar-refractivity contribution in [2.45, 2.75) is 12.7 Å². The fourth-order valence-electron chi connectivity index (χ4n) is 2.15. The number of nitrogens with two attached hydrogens (primary N) is 1. The van der Waals surface area contributed by atoms with E-state index in [0.717, 1.165) is 0 Å². The van der Waals surface area contributed by atoms with Crippen molar-refractivity contribution in [3.05, 3.63) is 41.7 Å².